The molecule has 0 aliphatic rings. The van der Waals surface area contributed by atoms with Crippen molar-refractivity contribution in [2.75, 3.05) is 6.54 Å². The predicted molar refractivity (Wildman–Crippen MR) is 87.3 cm³/mol. The molecular weight excluding hydrogens is 262 g/mol. The van der Waals surface area contributed by atoms with Crippen molar-refractivity contribution in [2.45, 2.75) is 57.8 Å². The molecule has 0 saturated carbocycles. The van der Waals surface area contributed by atoms with Gasteiger partial charge in [0.25, 0.3) is 0 Å². The second-order valence-electron chi connectivity index (χ2n) is 5.85. The van der Waals surface area contributed by atoms with Crippen LogP contribution in [0.3, 0.4) is 0 Å². The highest BCUT2D eigenvalue weighted by Gasteiger charge is 2.07. The number of carbonyl (C=O) groups is 1. The molecule has 0 spiro atoms. The van der Waals surface area contributed by atoms with E-state index in [2.05, 4.69) is 24.3 Å². The van der Waals surface area contributed by atoms with Crippen molar-refractivity contribution in [2.24, 2.45) is 11.7 Å². The van der Waals surface area contributed by atoms with Crippen LogP contribution in [-0.2, 0) is 11.2 Å². The Morgan fingerprint density at radius 1 is 1.00 bits per heavy atom. The van der Waals surface area contributed by atoms with Crippen LogP contribution in [0.15, 0.2) is 30.3 Å². The van der Waals surface area contributed by atoms with E-state index in [9.17, 15) is 4.79 Å². The van der Waals surface area contributed by atoms with Crippen molar-refractivity contribution in [3.63, 3.8) is 0 Å². The van der Waals surface area contributed by atoms with Crippen molar-refractivity contribution >= 4 is 5.97 Å². The Morgan fingerprint density at radius 3 is 2.24 bits per heavy atom. The van der Waals surface area contributed by atoms with Gasteiger partial charge in [-0.3, -0.25) is 4.79 Å². The molecule has 0 bridgehead atoms. The van der Waals surface area contributed by atoms with Crippen LogP contribution >= 0.6 is 0 Å². The summed E-state index contributed by atoms with van der Waals surface area (Å²) in [7, 11) is 0. The van der Waals surface area contributed by atoms with Crippen LogP contribution in [0.2, 0.25) is 0 Å². The number of unbranched alkanes of at least 4 members (excludes halogenated alkanes) is 5. The molecule has 0 saturated heterocycles. The molecule has 118 valence electrons. The first-order valence-electron chi connectivity index (χ1n) is 8.18. The molecule has 0 radical (unpaired) electrons. The number of rotatable bonds is 12. The van der Waals surface area contributed by atoms with E-state index >= 15 is 0 Å². The van der Waals surface area contributed by atoms with Gasteiger partial charge in [0.1, 0.15) is 0 Å². The maximum absolute atomic E-state index is 10.4. The SMILES string of the molecule is NCC(CCCCCCCCC(=O)O)Cc1ccccc1. The summed E-state index contributed by atoms with van der Waals surface area (Å²) in [5, 5.41) is 8.55. The van der Waals surface area contributed by atoms with Crippen molar-refractivity contribution in [3.8, 4) is 0 Å². The zero-order valence-electron chi connectivity index (χ0n) is 13.0. The van der Waals surface area contributed by atoms with E-state index < -0.39 is 5.97 Å². The molecule has 3 heteroatoms. The van der Waals surface area contributed by atoms with Crippen molar-refractivity contribution in [1.29, 1.82) is 0 Å². The lowest BCUT2D eigenvalue weighted by Gasteiger charge is -2.14. The lowest BCUT2D eigenvalue weighted by atomic mass is 9.93. The van der Waals surface area contributed by atoms with Gasteiger partial charge < -0.3 is 10.8 Å². The molecule has 3 N–H and O–H groups in total. The Hall–Kier alpha value is -1.35. The highest BCUT2D eigenvalue weighted by atomic mass is 16.4. The Labute approximate surface area is 128 Å². The summed E-state index contributed by atoms with van der Waals surface area (Å²) >= 11 is 0. The van der Waals surface area contributed by atoms with E-state index in [1.54, 1.807) is 0 Å². The number of hydrogen-bond acceptors (Lipinski definition) is 2. The average molecular weight is 291 g/mol. The smallest absolute Gasteiger partial charge is 0.303 e. The number of benzene rings is 1. The summed E-state index contributed by atoms with van der Waals surface area (Å²) in [6, 6.07) is 10.6. The minimum atomic E-state index is -0.679. The third-order valence-electron chi connectivity index (χ3n) is 3.95. The zero-order chi connectivity index (χ0) is 15.3. The fraction of sp³-hybridized carbons (Fsp3) is 0.611. The molecule has 0 aliphatic carbocycles. The van der Waals surface area contributed by atoms with Crippen LogP contribution in [0.5, 0.6) is 0 Å². The second-order valence-corrected chi connectivity index (χ2v) is 5.85. The molecular formula is C18H29NO2. The Morgan fingerprint density at radius 2 is 1.62 bits per heavy atom. The van der Waals surface area contributed by atoms with Gasteiger partial charge in [0.05, 0.1) is 0 Å². The lowest BCUT2D eigenvalue weighted by molar-refractivity contribution is -0.137. The monoisotopic (exact) mass is 291 g/mol. The fourth-order valence-corrected chi connectivity index (χ4v) is 2.67. The van der Waals surface area contributed by atoms with Gasteiger partial charge in [-0.2, -0.15) is 0 Å². The minimum absolute atomic E-state index is 0.312. The molecule has 0 heterocycles. The van der Waals surface area contributed by atoms with Crippen LogP contribution in [0.25, 0.3) is 0 Å². The van der Waals surface area contributed by atoms with Gasteiger partial charge in [-0.15, -0.1) is 0 Å². The number of carboxylic acid groups (broad SMARTS) is 1. The summed E-state index contributed by atoms with van der Waals surface area (Å²) in [4.78, 5) is 10.4. The van der Waals surface area contributed by atoms with Gasteiger partial charge in [-0.05, 0) is 37.3 Å². The highest BCUT2D eigenvalue weighted by molar-refractivity contribution is 5.66. The normalized spacial score (nSPS) is 12.2. The summed E-state index contributed by atoms with van der Waals surface area (Å²) in [5.41, 5.74) is 7.25. The number of carboxylic acids is 1. The van der Waals surface area contributed by atoms with Crippen molar-refractivity contribution in [3.05, 3.63) is 35.9 Å². The largest absolute Gasteiger partial charge is 0.481 e. The summed E-state index contributed by atoms with van der Waals surface area (Å²) in [6.07, 6.45) is 9.27. The van der Waals surface area contributed by atoms with Gasteiger partial charge in [0.2, 0.25) is 0 Å². The van der Waals surface area contributed by atoms with Gasteiger partial charge >= 0.3 is 5.97 Å². The van der Waals surface area contributed by atoms with Gasteiger partial charge in [0, 0.05) is 6.42 Å². The Bertz CT molecular complexity index is 378. The van der Waals surface area contributed by atoms with E-state index in [0.29, 0.717) is 12.3 Å². The molecule has 1 atom stereocenters. The van der Waals surface area contributed by atoms with Crippen molar-refractivity contribution in [1.82, 2.24) is 0 Å². The third-order valence-corrected chi connectivity index (χ3v) is 3.95. The first kappa shape index (κ1) is 17.7. The Kier molecular flexibility index (Phi) is 9.55. The van der Waals surface area contributed by atoms with E-state index in [1.165, 1.54) is 31.2 Å². The topological polar surface area (TPSA) is 63.3 Å². The van der Waals surface area contributed by atoms with Crippen LogP contribution in [0.4, 0.5) is 0 Å². The van der Waals surface area contributed by atoms with Gasteiger partial charge in [-0.1, -0.05) is 62.4 Å². The van der Waals surface area contributed by atoms with Crippen LogP contribution in [0.1, 0.15) is 56.9 Å². The molecule has 0 aliphatic heterocycles. The molecule has 1 aromatic carbocycles. The molecule has 0 amide bonds. The Balaban J connectivity index is 2.03. The first-order valence-corrected chi connectivity index (χ1v) is 8.18. The lowest BCUT2D eigenvalue weighted by Crippen LogP contribution is -2.16. The van der Waals surface area contributed by atoms with E-state index in [0.717, 1.165) is 32.2 Å². The number of nitrogens with two attached hydrogens (primary N) is 1. The molecule has 0 aromatic heterocycles. The fourth-order valence-electron chi connectivity index (χ4n) is 2.67. The van der Waals surface area contributed by atoms with E-state index in [-0.39, 0.29) is 0 Å². The van der Waals surface area contributed by atoms with Gasteiger partial charge in [-0.25, -0.2) is 0 Å². The predicted octanol–water partition coefficient (Wildman–Crippen LogP) is 4.01. The highest BCUT2D eigenvalue weighted by Crippen LogP contribution is 2.16. The third kappa shape index (κ3) is 9.24. The van der Waals surface area contributed by atoms with E-state index in [4.69, 9.17) is 10.8 Å². The molecule has 0 fully saturated rings. The van der Waals surface area contributed by atoms with Gasteiger partial charge in [0.15, 0.2) is 0 Å². The quantitative estimate of drug-likeness (QED) is 0.572. The first-order chi connectivity index (χ1) is 10.2. The van der Waals surface area contributed by atoms with Crippen molar-refractivity contribution < 1.29 is 9.90 Å². The molecule has 21 heavy (non-hydrogen) atoms. The molecule has 1 unspecified atom stereocenters. The number of hydrogen-bond donors (Lipinski definition) is 2. The van der Waals surface area contributed by atoms with E-state index in [1.807, 2.05) is 6.07 Å². The molecule has 3 nitrogen and oxygen atoms in total. The minimum Gasteiger partial charge on any atom is -0.481 e. The summed E-state index contributed by atoms with van der Waals surface area (Å²) in [5.74, 6) is -0.0962. The molecule has 1 aromatic rings. The van der Waals surface area contributed by atoms with Crippen LogP contribution in [0, 0.1) is 5.92 Å². The summed E-state index contributed by atoms with van der Waals surface area (Å²) < 4.78 is 0. The maximum Gasteiger partial charge on any atom is 0.303 e. The van der Waals surface area contributed by atoms with Crippen LogP contribution < -0.4 is 5.73 Å². The van der Waals surface area contributed by atoms with Crippen LogP contribution in [-0.4, -0.2) is 17.6 Å². The average Bonchev–Trinajstić information content (AvgIpc) is 2.49. The zero-order valence-corrected chi connectivity index (χ0v) is 13.0. The molecule has 1 rings (SSSR count). The summed E-state index contributed by atoms with van der Waals surface area (Å²) in [6.45, 7) is 0.757. The number of aliphatic carboxylic acids is 1. The maximum atomic E-state index is 10.4. The standard InChI is InChI=1S/C18H29NO2/c19-15-17(14-16-10-7-5-8-11-16)12-6-3-1-2-4-9-13-18(20)21/h5,7-8,10-11,17H,1-4,6,9,12-15,19H2,(H,20,21). The second kappa shape index (κ2) is 11.3.